The molecule has 1 spiro atoms. The highest BCUT2D eigenvalue weighted by molar-refractivity contribution is 8.02. The average Bonchev–Trinajstić information content (AvgIpc) is 3.37. The largest absolute Gasteiger partial charge is 0.396 e. The summed E-state index contributed by atoms with van der Waals surface area (Å²) in [5.74, 6) is -0.860. The third kappa shape index (κ3) is 4.22. The Hall–Kier alpha value is -1.28. The number of likely N-dealkylation sites (tertiary alicyclic amines) is 1. The molecule has 3 heterocycles. The highest BCUT2D eigenvalue weighted by Crippen LogP contribution is 2.66. The van der Waals surface area contributed by atoms with Crippen molar-refractivity contribution in [2.45, 2.75) is 81.3 Å². The molecule has 0 aliphatic carbocycles. The normalized spacial score (nSPS) is 31.8. The number of carbonyl (C=O) groups excluding carboxylic acids is 3. The number of rotatable bonds is 12. The number of amides is 3. The standard InChI is InChI=1S/C22H37N3O4S/c1-3-5-12-24-20(28)18-22-10-9-15(30-22)16(19(27)23-11-4-2)17(22)21(29)25(18)13-7-6-8-14-26/h15-18,26H,3-14H2,1-2H3,(H,23,27)(H,24,28)/t15-,16+,17+,18?,22?/m1/s1. The minimum atomic E-state index is -0.500. The van der Waals surface area contributed by atoms with Crippen molar-refractivity contribution in [2.24, 2.45) is 11.8 Å². The summed E-state index contributed by atoms with van der Waals surface area (Å²) in [6.07, 6.45) is 6.75. The molecular formula is C22H37N3O4S. The number of carbonyl (C=O) groups is 3. The fourth-order valence-electron chi connectivity index (χ4n) is 5.42. The van der Waals surface area contributed by atoms with Crippen LogP contribution in [0.2, 0.25) is 0 Å². The maximum absolute atomic E-state index is 13.6. The molecule has 3 amide bonds. The van der Waals surface area contributed by atoms with E-state index < -0.39 is 16.7 Å². The Bertz CT molecular complexity index is 646. The predicted octanol–water partition coefficient (Wildman–Crippen LogP) is 1.68. The first-order chi connectivity index (χ1) is 14.5. The van der Waals surface area contributed by atoms with Crippen LogP contribution in [0.15, 0.2) is 0 Å². The average molecular weight is 440 g/mol. The Kier molecular flexibility index (Phi) is 8.07. The van der Waals surface area contributed by atoms with E-state index in [1.807, 2.05) is 6.92 Å². The van der Waals surface area contributed by atoms with E-state index in [-0.39, 0.29) is 35.5 Å². The van der Waals surface area contributed by atoms with Gasteiger partial charge in [-0.05, 0) is 44.9 Å². The first-order valence-electron chi connectivity index (χ1n) is 11.7. The van der Waals surface area contributed by atoms with E-state index in [9.17, 15) is 14.4 Å². The Morgan fingerprint density at radius 2 is 1.87 bits per heavy atom. The van der Waals surface area contributed by atoms with Gasteiger partial charge in [-0.2, -0.15) is 0 Å². The van der Waals surface area contributed by atoms with Crippen LogP contribution < -0.4 is 10.6 Å². The van der Waals surface area contributed by atoms with Gasteiger partial charge in [0.05, 0.1) is 16.6 Å². The SMILES string of the molecule is CCCCNC(=O)C1N(CCCCCO)C(=O)[C@@H]2[C@@H](C(=O)NCCC)[C@H]3CCC12S3. The summed E-state index contributed by atoms with van der Waals surface area (Å²) < 4.78 is -0.483. The molecule has 0 radical (unpaired) electrons. The quantitative estimate of drug-likeness (QED) is 0.402. The molecule has 0 aromatic rings. The maximum atomic E-state index is 13.6. The number of aliphatic hydroxyl groups is 1. The van der Waals surface area contributed by atoms with Crippen molar-refractivity contribution in [1.82, 2.24) is 15.5 Å². The summed E-state index contributed by atoms with van der Waals surface area (Å²) in [7, 11) is 0. The highest BCUT2D eigenvalue weighted by atomic mass is 32.2. The van der Waals surface area contributed by atoms with E-state index in [2.05, 4.69) is 17.6 Å². The van der Waals surface area contributed by atoms with Gasteiger partial charge >= 0.3 is 0 Å². The molecule has 3 rings (SSSR count). The minimum Gasteiger partial charge on any atom is -0.396 e. The number of hydrogen-bond donors (Lipinski definition) is 3. The number of nitrogens with zero attached hydrogens (tertiary/aromatic N) is 1. The summed E-state index contributed by atoms with van der Waals surface area (Å²) in [6, 6.07) is -0.500. The summed E-state index contributed by atoms with van der Waals surface area (Å²) in [5, 5.41) is 15.2. The van der Waals surface area contributed by atoms with E-state index >= 15 is 0 Å². The number of unbranched alkanes of at least 4 members (excludes halogenated alkanes) is 3. The topological polar surface area (TPSA) is 98.7 Å². The maximum Gasteiger partial charge on any atom is 0.244 e. The van der Waals surface area contributed by atoms with E-state index in [0.29, 0.717) is 26.1 Å². The van der Waals surface area contributed by atoms with Crippen molar-refractivity contribution in [3.8, 4) is 0 Å². The fraction of sp³-hybridized carbons (Fsp3) is 0.864. The van der Waals surface area contributed by atoms with Crippen LogP contribution in [-0.2, 0) is 14.4 Å². The molecule has 0 saturated carbocycles. The third-order valence-electron chi connectivity index (χ3n) is 6.79. The van der Waals surface area contributed by atoms with Crippen LogP contribution in [0.25, 0.3) is 0 Å². The van der Waals surface area contributed by atoms with Crippen molar-refractivity contribution >= 4 is 29.5 Å². The molecule has 170 valence electrons. The van der Waals surface area contributed by atoms with E-state index in [1.54, 1.807) is 16.7 Å². The van der Waals surface area contributed by atoms with Gasteiger partial charge in [0.15, 0.2) is 0 Å². The Balaban J connectivity index is 1.83. The highest BCUT2D eigenvalue weighted by Gasteiger charge is 2.73. The molecule has 0 aromatic carbocycles. The molecule has 2 bridgehead atoms. The molecular weight excluding hydrogens is 402 g/mol. The van der Waals surface area contributed by atoms with Gasteiger partial charge in [-0.3, -0.25) is 14.4 Å². The van der Waals surface area contributed by atoms with E-state index in [4.69, 9.17) is 5.11 Å². The number of nitrogens with one attached hydrogen (secondary N) is 2. The number of hydrogen-bond acceptors (Lipinski definition) is 5. The molecule has 3 aliphatic heterocycles. The second-order valence-electron chi connectivity index (χ2n) is 8.81. The summed E-state index contributed by atoms with van der Waals surface area (Å²) in [6.45, 7) is 5.99. The molecule has 7 nitrogen and oxygen atoms in total. The first-order valence-corrected chi connectivity index (χ1v) is 12.5. The van der Waals surface area contributed by atoms with Crippen molar-refractivity contribution in [1.29, 1.82) is 0 Å². The smallest absolute Gasteiger partial charge is 0.244 e. The lowest BCUT2D eigenvalue weighted by Gasteiger charge is -2.34. The van der Waals surface area contributed by atoms with Gasteiger partial charge in [0.25, 0.3) is 0 Å². The van der Waals surface area contributed by atoms with Crippen LogP contribution in [0.1, 0.15) is 65.2 Å². The number of fused-ring (bicyclic) bond motifs is 1. The van der Waals surface area contributed by atoms with E-state index in [0.717, 1.165) is 44.9 Å². The number of thioether (sulfide) groups is 1. The van der Waals surface area contributed by atoms with Crippen LogP contribution >= 0.6 is 11.8 Å². The molecule has 5 atom stereocenters. The van der Waals surface area contributed by atoms with Gasteiger partial charge in [0.2, 0.25) is 17.7 Å². The lowest BCUT2D eigenvalue weighted by Crippen LogP contribution is -2.54. The third-order valence-corrected chi connectivity index (χ3v) is 8.74. The van der Waals surface area contributed by atoms with Crippen LogP contribution in [-0.4, -0.2) is 70.0 Å². The summed E-state index contributed by atoms with van der Waals surface area (Å²) in [5.41, 5.74) is 0. The Morgan fingerprint density at radius 1 is 1.10 bits per heavy atom. The zero-order valence-corrected chi connectivity index (χ0v) is 19.1. The van der Waals surface area contributed by atoms with Gasteiger partial charge < -0.3 is 20.6 Å². The van der Waals surface area contributed by atoms with Gasteiger partial charge in [-0.1, -0.05) is 20.3 Å². The zero-order chi connectivity index (χ0) is 21.7. The van der Waals surface area contributed by atoms with Crippen LogP contribution in [0, 0.1) is 11.8 Å². The van der Waals surface area contributed by atoms with Crippen LogP contribution in [0.4, 0.5) is 0 Å². The molecule has 8 heteroatoms. The fourth-order valence-corrected chi connectivity index (χ4v) is 7.64. The lowest BCUT2D eigenvalue weighted by molar-refractivity contribution is -0.140. The first kappa shape index (κ1) is 23.4. The lowest BCUT2D eigenvalue weighted by atomic mass is 9.70. The van der Waals surface area contributed by atoms with Crippen molar-refractivity contribution in [3.63, 3.8) is 0 Å². The molecule has 2 unspecified atom stereocenters. The molecule has 3 saturated heterocycles. The molecule has 0 aromatic heterocycles. The summed E-state index contributed by atoms with van der Waals surface area (Å²) >= 11 is 1.72. The van der Waals surface area contributed by atoms with Crippen molar-refractivity contribution in [2.75, 3.05) is 26.2 Å². The van der Waals surface area contributed by atoms with Gasteiger partial charge in [-0.15, -0.1) is 11.8 Å². The zero-order valence-electron chi connectivity index (χ0n) is 18.3. The monoisotopic (exact) mass is 439 g/mol. The number of aliphatic hydroxyl groups excluding tert-OH is 1. The minimum absolute atomic E-state index is 0.0263. The summed E-state index contributed by atoms with van der Waals surface area (Å²) in [4.78, 5) is 41.6. The van der Waals surface area contributed by atoms with Crippen LogP contribution in [0.5, 0.6) is 0 Å². The van der Waals surface area contributed by atoms with Gasteiger partial charge in [0, 0.05) is 31.5 Å². The Morgan fingerprint density at radius 3 is 2.57 bits per heavy atom. The second-order valence-corrected chi connectivity index (χ2v) is 10.4. The second kappa shape index (κ2) is 10.4. The van der Waals surface area contributed by atoms with Gasteiger partial charge in [0.1, 0.15) is 6.04 Å². The molecule has 3 fully saturated rings. The molecule has 3 N–H and O–H groups in total. The Labute approximate surface area is 184 Å². The molecule has 30 heavy (non-hydrogen) atoms. The van der Waals surface area contributed by atoms with Crippen LogP contribution in [0.3, 0.4) is 0 Å². The predicted molar refractivity (Wildman–Crippen MR) is 118 cm³/mol. The van der Waals surface area contributed by atoms with Gasteiger partial charge in [-0.25, -0.2) is 0 Å². The van der Waals surface area contributed by atoms with Crippen molar-refractivity contribution in [3.05, 3.63) is 0 Å². The van der Waals surface area contributed by atoms with E-state index in [1.165, 1.54) is 0 Å². The molecule has 3 aliphatic rings. The van der Waals surface area contributed by atoms with Crippen molar-refractivity contribution < 1.29 is 19.5 Å².